The Morgan fingerprint density at radius 2 is 1.85 bits per heavy atom. The molecule has 0 saturated carbocycles. The molecule has 1 atom stereocenters. The molecular formula is C14H20N2O3S. The highest BCUT2D eigenvalue weighted by molar-refractivity contribution is 7.89. The predicted molar refractivity (Wildman–Crippen MR) is 76.8 cm³/mol. The van der Waals surface area contributed by atoms with Gasteiger partial charge in [-0.05, 0) is 38.3 Å². The molecule has 6 heteroatoms. The van der Waals surface area contributed by atoms with Crippen molar-refractivity contribution in [2.24, 2.45) is 0 Å². The average Bonchev–Trinajstić information content (AvgIpc) is 2.91. The SMILES string of the molecule is Cc1ccccc1S(=O)(=O)NC(C)C(=O)N1CCCC1. The molecule has 1 aliphatic rings. The van der Waals surface area contributed by atoms with Crippen LogP contribution in [0.25, 0.3) is 0 Å². The summed E-state index contributed by atoms with van der Waals surface area (Å²) in [7, 11) is -3.66. The van der Waals surface area contributed by atoms with E-state index in [0.717, 1.165) is 25.9 Å². The fourth-order valence-corrected chi connectivity index (χ4v) is 3.86. The van der Waals surface area contributed by atoms with Crippen LogP contribution in [0.15, 0.2) is 29.2 Å². The molecule has 2 rings (SSSR count). The molecule has 1 fully saturated rings. The van der Waals surface area contributed by atoms with E-state index >= 15 is 0 Å². The number of hydrogen-bond acceptors (Lipinski definition) is 3. The average molecular weight is 296 g/mol. The first kappa shape index (κ1) is 15.0. The number of amides is 1. The molecule has 1 amide bonds. The van der Waals surface area contributed by atoms with Crippen molar-refractivity contribution < 1.29 is 13.2 Å². The van der Waals surface area contributed by atoms with Gasteiger partial charge in [0.2, 0.25) is 15.9 Å². The summed E-state index contributed by atoms with van der Waals surface area (Å²) in [6.45, 7) is 4.77. The van der Waals surface area contributed by atoms with Gasteiger partial charge in [0.05, 0.1) is 10.9 Å². The Labute approximate surface area is 120 Å². The smallest absolute Gasteiger partial charge is 0.241 e. The van der Waals surface area contributed by atoms with E-state index in [-0.39, 0.29) is 10.8 Å². The van der Waals surface area contributed by atoms with Gasteiger partial charge in [-0.3, -0.25) is 4.79 Å². The lowest BCUT2D eigenvalue weighted by Crippen LogP contribution is -2.45. The quantitative estimate of drug-likeness (QED) is 0.910. The largest absolute Gasteiger partial charge is 0.341 e. The number of sulfonamides is 1. The fourth-order valence-electron chi connectivity index (χ4n) is 2.42. The molecule has 0 radical (unpaired) electrons. The molecule has 1 N–H and O–H groups in total. The molecule has 1 unspecified atom stereocenters. The van der Waals surface area contributed by atoms with Crippen molar-refractivity contribution in [3.8, 4) is 0 Å². The van der Waals surface area contributed by atoms with Crippen LogP contribution in [0.3, 0.4) is 0 Å². The van der Waals surface area contributed by atoms with Crippen molar-refractivity contribution in [2.45, 2.75) is 37.6 Å². The first-order valence-electron chi connectivity index (χ1n) is 6.78. The minimum atomic E-state index is -3.66. The number of benzene rings is 1. The summed E-state index contributed by atoms with van der Waals surface area (Å²) >= 11 is 0. The lowest BCUT2D eigenvalue weighted by atomic mass is 10.2. The summed E-state index contributed by atoms with van der Waals surface area (Å²) in [5.74, 6) is -0.153. The van der Waals surface area contributed by atoms with Gasteiger partial charge in [-0.1, -0.05) is 18.2 Å². The Bertz CT molecular complexity index is 592. The predicted octanol–water partition coefficient (Wildman–Crippen LogP) is 1.28. The van der Waals surface area contributed by atoms with E-state index in [4.69, 9.17) is 0 Å². The summed E-state index contributed by atoms with van der Waals surface area (Å²) in [6, 6.07) is 6.01. The highest BCUT2D eigenvalue weighted by Crippen LogP contribution is 2.15. The van der Waals surface area contributed by atoms with E-state index in [2.05, 4.69) is 4.72 Å². The van der Waals surface area contributed by atoms with Crippen LogP contribution in [-0.2, 0) is 14.8 Å². The van der Waals surface area contributed by atoms with Gasteiger partial charge in [-0.15, -0.1) is 0 Å². The zero-order valence-corrected chi connectivity index (χ0v) is 12.6. The Kier molecular flexibility index (Phi) is 4.45. The molecule has 0 bridgehead atoms. The third kappa shape index (κ3) is 3.19. The second-order valence-corrected chi connectivity index (χ2v) is 6.82. The second kappa shape index (κ2) is 5.93. The van der Waals surface area contributed by atoms with E-state index in [9.17, 15) is 13.2 Å². The Morgan fingerprint density at radius 3 is 2.45 bits per heavy atom. The van der Waals surface area contributed by atoms with E-state index in [0.29, 0.717) is 5.56 Å². The molecule has 0 aromatic heterocycles. The van der Waals surface area contributed by atoms with Crippen molar-refractivity contribution in [3.05, 3.63) is 29.8 Å². The van der Waals surface area contributed by atoms with Gasteiger partial charge in [-0.2, -0.15) is 4.72 Å². The summed E-state index contributed by atoms with van der Waals surface area (Å²) in [5.41, 5.74) is 0.667. The third-order valence-corrected chi connectivity index (χ3v) is 5.20. The molecule has 1 aromatic rings. The highest BCUT2D eigenvalue weighted by Gasteiger charge is 2.27. The molecule has 1 aromatic carbocycles. The maximum absolute atomic E-state index is 12.3. The summed E-state index contributed by atoms with van der Waals surface area (Å²) in [5, 5.41) is 0. The molecule has 1 heterocycles. The molecule has 1 aliphatic heterocycles. The van der Waals surface area contributed by atoms with Crippen molar-refractivity contribution in [2.75, 3.05) is 13.1 Å². The van der Waals surface area contributed by atoms with Crippen LogP contribution in [0.5, 0.6) is 0 Å². The molecule has 5 nitrogen and oxygen atoms in total. The first-order chi connectivity index (χ1) is 9.42. The van der Waals surface area contributed by atoms with Crippen LogP contribution < -0.4 is 4.72 Å². The van der Waals surface area contributed by atoms with Crippen molar-refractivity contribution >= 4 is 15.9 Å². The topological polar surface area (TPSA) is 66.5 Å². The lowest BCUT2D eigenvalue weighted by Gasteiger charge is -2.21. The number of aryl methyl sites for hydroxylation is 1. The number of likely N-dealkylation sites (tertiary alicyclic amines) is 1. The van der Waals surface area contributed by atoms with Crippen LogP contribution in [0, 0.1) is 6.92 Å². The third-order valence-electron chi connectivity index (χ3n) is 3.50. The molecule has 0 aliphatic carbocycles. The molecule has 20 heavy (non-hydrogen) atoms. The number of carbonyl (C=O) groups excluding carboxylic acids is 1. The van der Waals surface area contributed by atoms with Crippen LogP contribution in [0.1, 0.15) is 25.3 Å². The fraction of sp³-hybridized carbons (Fsp3) is 0.500. The maximum Gasteiger partial charge on any atom is 0.241 e. The van der Waals surface area contributed by atoms with Gasteiger partial charge < -0.3 is 4.90 Å². The minimum absolute atomic E-state index is 0.153. The molecular weight excluding hydrogens is 276 g/mol. The van der Waals surface area contributed by atoms with Crippen LogP contribution in [0.2, 0.25) is 0 Å². The Balaban J connectivity index is 2.12. The number of rotatable bonds is 4. The summed E-state index contributed by atoms with van der Waals surface area (Å²) in [6.07, 6.45) is 1.98. The summed E-state index contributed by atoms with van der Waals surface area (Å²) in [4.78, 5) is 14.1. The molecule has 1 saturated heterocycles. The van der Waals surface area contributed by atoms with Gasteiger partial charge in [0.15, 0.2) is 0 Å². The number of carbonyl (C=O) groups is 1. The molecule has 110 valence electrons. The number of nitrogens with one attached hydrogen (secondary N) is 1. The van der Waals surface area contributed by atoms with Gasteiger partial charge in [0.1, 0.15) is 0 Å². The summed E-state index contributed by atoms with van der Waals surface area (Å²) < 4.78 is 27.1. The first-order valence-corrected chi connectivity index (χ1v) is 8.27. The van der Waals surface area contributed by atoms with Crippen molar-refractivity contribution in [1.29, 1.82) is 0 Å². The number of nitrogens with zero attached hydrogens (tertiary/aromatic N) is 1. The molecule has 0 spiro atoms. The van der Waals surface area contributed by atoms with Gasteiger partial charge in [0, 0.05) is 13.1 Å². The van der Waals surface area contributed by atoms with Crippen molar-refractivity contribution in [1.82, 2.24) is 9.62 Å². The van der Waals surface area contributed by atoms with E-state index in [1.54, 1.807) is 43.0 Å². The zero-order valence-electron chi connectivity index (χ0n) is 11.8. The highest BCUT2D eigenvalue weighted by atomic mass is 32.2. The van der Waals surface area contributed by atoms with Crippen LogP contribution in [-0.4, -0.2) is 38.4 Å². The Hall–Kier alpha value is -1.40. The van der Waals surface area contributed by atoms with Crippen molar-refractivity contribution in [3.63, 3.8) is 0 Å². The van der Waals surface area contributed by atoms with Crippen LogP contribution >= 0.6 is 0 Å². The normalized spacial score (nSPS) is 17.2. The maximum atomic E-state index is 12.3. The number of hydrogen-bond donors (Lipinski definition) is 1. The second-order valence-electron chi connectivity index (χ2n) is 5.14. The minimum Gasteiger partial charge on any atom is -0.341 e. The standard InChI is InChI=1S/C14H20N2O3S/c1-11-7-3-4-8-13(11)20(18,19)15-12(2)14(17)16-9-5-6-10-16/h3-4,7-8,12,15H,5-6,9-10H2,1-2H3. The van der Waals surface area contributed by atoms with Gasteiger partial charge in [-0.25, -0.2) is 8.42 Å². The van der Waals surface area contributed by atoms with Gasteiger partial charge >= 0.3 is 0 Å². The zero-order chi connectivity index (χ0) is 14.8. The van der Waals surface area contributed by atoms with Gasteiger partial charge in [0.25, 0.3) is 0 Å². The van der Waals surface area contributed by atoms with E-state index in [1.165, 1.54) is 0 Å². The van der Waals surface area contributed by atoms with E-state index < -0.39 is 16.1 Å². The Morgan fingerprint density at radius 1 is 1.25 bits per heavy atom. The van der Waals surface area contributed by atoms with E-state index in [1.807, 2.05) is 0 Å². The lowest BCUT2D eigenvalue weighted by molar-refractivity contribution is -0.131. The monoisotopic (exact) mass is 296 g/mol. The van der Waals surface area contributed by atoms with Crippen LogP contribution in [0.4, 0.5) is 0 Å².